The first-order chi connectivity index (χ1) is 10.7. The number of thioether (sulfide) groups is 1. The van der Waals surface area contributed by atoms with E-state index in [0.29, 0.717) is 11.8 Å². The van der Waals surface area contributed by atoms with Gasteiger partial charge >= 0.3 is 0 Å². The summed E-state index contributed by atoms with van der Waals surface area (Å²) in [6, 6.07) is 8.91. The largest absolute Gasteiger partial charge is 0.353 e. The summed E-state index contributed by atoms with van der Waals surface area (Å²) in [4.78, 5) is 14.5. The number of piperidine rings is 1. The van der Waals surface area contributed by atoms with E-state index >= 15 is 0 Å². The van der Waals surface area contributed by atoms with Crippen LogP contribution in [-0.2, 0) is 10.5 Å². The molecule has 0 spiro atoms. The number of aryl methyl sites for hydroxylation is 1. The number of carbonyl (C=O) groups is 1. The molecule has 22 heavy (non-hydrogen) atoms. The van der Waals surface area contributed by atoms with Gasteiger partial charge in [-0.1, -0.05) is 36.8 Å². The molecule has 1 aromatic carbocycles. The van der Waals surface area contributed by atoms with Gasteiger partial charge in [0.15, 0.2) is 0 Å². The Hall–Kier alpha value is -1.00. The summed E-state index contributed by atoms with van der Waals surface area (Å²) in [5.74, 6) is 1.65. The highest BCUT2D eigenvalue weighted by Crippen LogP contribution is 2.14. The standard InChI is InChI=1S/C18H28N2OS/c1-3-10-20-11-8-17(9-12-20)19-18(21)14-22-13-16-6-4-15(2)5-7-16/h4-7,17H,3,8-14H2,1-2H3,(H,19,21). The summed E-state index contributed by atoms with van der Waals surface area (Å²) < 4.78 is 0. The Morgan fingerprint density at radius 1 is 1.27 bits per heavy atom. The van der Waals surface area contributed by atoms with Crippen LogP contribution in [0.2, 0.25) is 0 Å². The molecule has 2 rings (SSSR count). The molecule has 122 valence electrons. The van der Waals surface area contributed by atoms with Gasteiger partial charge in [0.25, 0.3) is 0 Å². The van der Waals surface area contributed by atoms with E-state index in [0.717, 1.165) is 31.7 Å². The minimum atomic E-state index is 0.186. The van der Waals surface area contributed by atoms with Crippen molar-refractivity contribution in [2.75, 3.05) is 25.4 Å². The second-order valence-corrected chi connectivity index (χ2v) is 7.15. The summed E-state index contributed by atoms with van der Waals surface area (Å²) in [7, 11) is 0. The number of carbonyl (C=O) groups excluding carboxylic acids is 1. The number of hydrogen-bond acceptors (Lipinski definition) is 3. The molecule has 0 aromatic heterocycles. The van der Waals surface area contributed by atoms with Gasteiger partial charge in [-0.15, -0.1) is 11.8 Å². The number of nitrogens with zero attached hydrogens (tertiary/aromatic N) is 1. The van der Waals surface area contributed by atoms with Crippen LogP contribution in [0.25, 0.3) is 0 Å². The van der Waals surface area contributed by atoms with E-state index in [1.165, 1.54) is 24.1 Å². The van der Waals surface area contributed by atoms with Crippen molar-refractivity contribution in [3.8, 4) is 0 Å². The highest BCUT2D eigenvalue weighted by atomic mass is 32.2. The molecule has 4 heteroatoms. The van der Waals surface area contributed by atoms with Gasteiger partial charge in [0.1, 0.15) is 0 Å². The lowest BCUT2D eigenvalue weighted by atomic mass is 10.1. The highest BCUT2D eigenvalue weighted by Gasteiger charge is 2.19. The zero-order chi connectivity index (χ0) is 15.8. The van der Waals surface area contributed by atoms with Crippen LogP contribution in [0.1, 0.15) is 37.3 Å². The van der Waals surface area contributed by atoms with Gasteiger partial charge in [0.2, 0.25) is 5.91 Å². The van der Waals surface area contributed by atoms with E-state index in [-0.39, 0.29) is 5.91 Å². The van der Waals surface area contributed by atoms with Crippen LogP contribution in [-0.4, -0.2) is 42.2 Å². The summed E-state index contributed by atoms with van der Waals surface area (Å²) in [6.45, 7) is 7.74. The maximum absolute atomic E-state index is 12.0. The minimum Gasteiger partial charge on any atom is -0.353 e. The Labute approximate surface area is 138 Å². The van der Waals surface area contributed by atoms with Gasteiger partial charge < -0.3 is 10.2 Å². The fourth-order valence-corrected chi connectivity index (χ4v) is 3.63. The third kappa shape index (κ3) is 6.01. The number of nitrogens with one attached hydrogen (secondary N) is 1. The number of benzene rings is 1. The van der Waals surface area contributed by atoms with E-state index < -0.39 is 0 Å². The highest BCUT2D eigenvalue weighted by molar-refractivity contribution is 7.99. The molecule has 1 aromatic rings. The Morgan fingerprint density at radius 2 is 1.95 bits per heavy atom. The topological polar surface area (TPSA) is 32.3 Å². The zero-order valence-electron chi connectivity index (χ0n) is 13.8. The molecule has 0 saturated carbocycles. The third-order valence-electron chi connectivity index (χ3n) is 4.12. The molecule has 1 amide bonds. The second kappa shape index (κ2) is 9.21. The molecule has 1 heterocycles. The summed E-state index contributed by atoms with van der Waals surface area (Å²) in [6.07, 6.45) is 3.40. The third-order valence-corrected chi connectivity index (χ3v) is 5.12. The van der Waals surface area contributed by atoms with Gasteiger partial charge in [0.05, 0.1) is 5.75 Å². The Kier molecular flexibility index (Phi) is 7.26. The molecule has 0 aliphatic carbocycles. The number of rotatable bonds is 7. The summed E-state index contributed by atoms with van der Waals surface area (Å²) in [5.41, 5.74) is 2.57. The van der Waals surface area contributed by atoms with Gasteiger partial charge in [-0.2, -0.15) is 0 Å². The second-order valence-electron chi connectivity index (χ2n) is 6.16. The first-order valence-electron chi connectivity index (χ1n) is 8.32. The molecule has 0 unspecified atom stereocenters. The predicted octanol–water partition coefficient (Wildman–Crippen LogP) is 3.22. The lowest BCUT2D eigenvalue weighted by molar-refractivity contribution is -0.119. The molecule has 0 bridgehead atoms. The van der Waals surface area contributed by atoms with Crippen molar-refractivity contribution in [1.82, 2.24) is 10.2 Å². The number of likely N-dealkylation sites (tertiary alicyclic amines) is 1. The predicted molar refractivity (Wildman–Crippen MR) is 95.2 cm³/mol. The molecular formula is C18H28N2OS. The van der Waals surface area contributed by atoms with Crippen LogP contribution in [0.4, 0.5) is 0 Å². The Morgan fingerprint density at radius 3 is 2.59 bits per heavy atom. The SMILES string of the molecule is CCCN1CCC(NC(=O)CSCc2ccc(C)cc2)CC1. The quantitative estimate of drug-likeness (QED) is 0.837. The molecule has 0 atom stereocenters. The fourth-order valence-electron chi connectivity index (χ4n) is 2.83. The van der Waals surface area contributed by atoms with Gasteiger partial charge in [-0.25, -0.2) is 0 Å². The van der Waals surface area contributed by atoms with Crippen molar-refractivity contribution >= 4 is 17.7 Å². The van der Waals surface area contributed by atoms with Crippen LogP contribution in [0.3, 0.4) is 0 Å². The summed E-state index contributed by atoms with van der Waals surface area (Å²) >= 11 is 1.70. The Balaban J connectivity index is 1.61. The van der Waals surface area contributed by atoms with Crippen molar-refractivity contribution in [3.63, 3.8) is 0 Å². The van der Waals surface area contributed by atoms with Crippen LogP contribution in [0, 0.1) is 6.92 Å². The first-order valence-corrected chi connectivity index (χ1v) is 9.48. The van der Waals surface area contributed by atoms with Crippen LogP contribution < -0.4 is 5.32 Å². The minimum absolute atomic E-state index is 0.186. The summed E-state index contributed by atoms with van der Waals surface area (Å²) in [5, 5.41) is 3.19. The van der Waals surface area contributed by atoms with E-state index in [1.54, 1.807) is 11.8 Å². The van der Waals surface area contributed by atoms with Crippen molar-refractivity contribution in [2.45, 2.75) is 44.9 Å². The van der Waals surface area contributed by atoms with E-state index in [1.807, 2.05) is 0 Å². The van der Waals surface area contributed by atoms with Gasteiger partial charge in [-0.05, 0) is 38.3 Å². The molecule has 3 nitrogen and oxygen atoms in total. The van der Waals surface area contributed by atoms with Crippen molar-refractivity contribution in [2.24, 2.45) is 0 Å². The number of amides is 1. The molecule has 1 aliphatic rings. The number of hydrogen-bond donors (Lipinski definition) is 1. The zero-order valence-corrected chi connectivity index (χ0v) is 14.6. The molecule has 0 radical (unpaired) electrons. The maximum Gasteiger partial charge on any atom is 0.230 e. The van der Waals surface area contributed by atoms with Crippen molar-refractivity contribution in [3.05, 3.63) is 35.4 Å². The van der Waals surface area contributed by atoms with Gasteiger partial charge in [-0.3, -0.25) is 4.79 Å². The van der Waals surface area contributed by atoms with Crippen LogP contribution in [0.5, 0.6) is 0 Å². The normalized spacial score (nSPS) is 16.6. The molecule has 1 aliphatic heterocycles. The average Bonchev–Trinajstić information content (AvgIpc) is 2.51. The molecular weight excluding hydrogens is 292 g/mol. The van der Waals surface area contributed by atoms with Crippen LogP contribution in [0.15, 0.2) is 24.3 Å². The van der Waals surface area contributed by atoms with E-state index in [2.05, 4.69) is 48.3 Å². The smallest absolute Gasteiger partial charge is 0.230 e. The lowest BCUT2D eigenvalue weighted by Gasteiger charge is -2.32. The average molecular weight is 321 g/mol. The Bertz CT molecular complexity index is 453. The van der Waals surface area contributed by atoms with E-state index in [4.69, 9.17) is 0 Å². The van der Waals surface area contributed by atoms with Crippen molar-refractivity contribution < 1.29 is 4.79 Å². The fraction of sp³-hybridized carbons (Fsp3) is 0.611. The molecule has 1 N–H and O–H groups in total. The van der Waals surface area contributed by atoms with E-state index in [9.17, 15) is 4.79 Å². The monoisotopic (exact) mass is 320 g/mol. The van der Waals surface area contributed by atoms with Crippen LogP contribution >= 0.6 is 11.8 Å². The van der Waals surface area contributed by atoms with Gasteiger partial charge in [0, 0.05) is 24.9 Å². The lowest BCUT2D eigenvalue weighted by Crippen LogP contribution is -2.45. The maximum atomic E-state index is 12.0. The first kappa shape index (κ1) is 17.4. The molecule has 1 fully saturated rings. The van der Waals surface area contributed by atoms with Crippen molar-refractivity contribution in [1.29, 1.82) is 0 Å². The molecule has 1 saturated heterocycles.